The normalized spacial score (nSPS) is 35.0. The number of carbonyl (C=O) groups excluding carboxylic acids is 1. The van der Waals surface area contributed by atoms with Crippen molar-refractivity contribution in [3.63, 3.8) is 0 Å². The molecular weight excluding hydrogens is 164 g/mol. The van der Waals surface area contributed by atoms with Gasteiger partial charge in [-0.05, 0) is 38.5 Å². The molecule has 76 valence electrons. The van der Waals surface area contributed by atoms with Crippen LogP contribution < -0.4 is 0 Å². The lowest BCUT2D eigenvalue weighted by Gasteiger charge is -2.38. The Hall–Kier alpha value is -0.370. The van der Waals surface area contributed by atoms with Crippen molar-refractivity contribution in [3.8, 4) is 0 Å². The summed E-state index contributed by atoms with van der Waals surface area (Å²) in [6.07, 6.45) is 3.30. The van der Waals surface area contributed by atoms with Crippen molar-refractivity contribution >= 4 is 5.78 Å². The second-order valence-corrected chi connectivity index (χ2v) is 4.64. The fourth-order valence-electron chi connectivity index (χ4n) is 2.10. The molecule has 0 aromatic carbocycles. The zero-order valence-corrected chi connectivity index (χ0v) is 8.84. The van der Waals surface area contributed by atoms with Crippen LogP contribution in [0.5, 0.6) is 0 Å². The van der Waals surface area contributed by atoms with Gasteiger partial charge in [-0.2, -0.15) is 0 Å². The Morgan fingerprint density at radius 3 is 2.15 bits per heavy atom. The molecule has 0 saturated heterocycles. The average Bonchev–Trinajstić information content (AvgIpc) is 2.04. The number of hydrogen-bond donors (Lipinski definition) is 1. The van der Waals surface area contributed by atoms with Crippen molar-refractivity contribution in [1.29, 1.82) is 0 Å². The molecule has 1 N–H and O–H groups in total. The Kier molecular flexibility index (Phi) is 3.12. The van der Waals surface area contributed by atoms with E-state index in [4.69, 9.17) is 0 Å². The first-order valence-corrected chi connectivity index (χ1v) is 5.18. The molecule has 0 aromatic rings. The predicted molar refractivity (Wildman–Crippen MR) is 52.4 cm³/mol. The van der Waals surface area contributed by atoms with E-state index >= 15 is 0 Å². The molecule has 1 fully saturated rings. The van der Waals surface area contributed by atoms with Gasteiger partial charge >= 0.3 is 0 Å². The van der Waals surface area contributed by atoms with Crippen LogP contribution in [0.1, 0.15) is 46.5 Å². The molecule has 2 nitrogen and oxygen atoms in total. The molecule has 13 heavy (non-hydrogen) atoms. The monoisotopic (exact) mass is 184 g/mol. The average molecular weight is 184 g/mol. The molecule has 0 bridgehead atoms. The van der Waals surface area contributed by atoms with Crippen molar-refractivity contribution in [2.75, 3.05) is 0 Å². The summed E-state index contributed by atoms with van der Waals surface area (Å²) in [5.41, 5.74) is -0.508. The lowest BCUT2D eigenvalue weighted by molar-refractivity contribution is -0.124. The fraction of sp³-hybridized carbons (Fsp3) is 0.909. The summed E-state index contributed by atoms with van der Waals surface area (Å²) in [7, 11) is 0. The lowest BCUT2D eigenvalue weighted by atomic mass is 9.72. The highest BCUT2D eigenvalue weighted by Gasteiger charge is 2.36. The largest absolute Gasteiger partial charge is 0.390 e. The summed E-state index contributed by atoms with van der Waals surface area (Å²) >= 11 is 0. The Morgan fingerprint density at radius 2 is 1.85 bits per heavy atom. The molecule has 0 spiro atoms. The molecule has 1 rings (SSSR count). The Bertz CT molecular complexity index is 188. The summed E-state index contributed by atoms with van der Waals surface area (Å²) in [6, 6.07) is 0. The third-order valence-electron chi connectivity index (χ3n) is 3.50. The van der Waals surface area contributed by atoms with Crippen LogP contribution in [0, 0.1) is 11.8 Å². The summed E-state index contributed by atoms with van der Waals surface area (Å²) in [5, 5.41) is 10.1. The van der Waals surface area contributed by atoms with Gasteiger partial charge in [0.1, 0.15) is 5.78 Å². The van der Waals surface area contributed by atoms with Crippen molar-refractivity contribution in [3.05, 3.63) is 0 Å². The number of rotatable bonds is 2. The quantitative estimate of drug-likeness (QED) is 0.714. The van der Waals surface area contributed by atoms with E-state index in [1.807, 2.05) is 13.8 Å². The van der Waals surface area contributed by atoms with E-state index in [1.165, 1.54) is 0 Å². The maximum Gasteiger partial charge on any atom is 0.132 e. The van der Waals surface area contributed by atoms with Gasteiger partial charge in [-0.3, -0.25) is 4.79 Å². The van der Waals surface area contributed by atoms with Crippen molar-refractivity contribution < 1.29 is 9.90 Å². The van der Waals surface area contributed by atoms with Crippen molar-refractivity contribution in [1.82, 2.24) is 0 Å². The van der Waals surface area contributed by atoms with Gasteiger partial charge in [0.05, 0.1) is 5.60 Å². The van der Waals surface area contributed by atoms with Crippen LogP contribution in [0.15, 0.2) is 0 Å². The number of Topliss-reactive ketones (excluding diaryl/α,β-unsaturated/α-hetero) is 1. The third kappa shape index (κ3) is 2.31. The molecular formula is C11H20O2. The van der Waals surface area contributed by atoms with E-state index in [1.54, 1.807) is 6.92 Å². The Labute approximate surface area is 80.3 Å². The molecule has 2 heteroatoms. The second kappa shape index (κ2) is 3.79. The highest BCUT2D eigenvalue weighted by atomic mass is 16.3. The van der Waals surface area contributed by atoms with Gasteiger partial charge in [0.25, 0.3) is 0 Å². The summed E-state index contributed by atoms with van der Waals surface area (Å²) in [4.78, 5) is 11.1. The molecule has 1 saturated carbocycles. The molecule has 0 heterocycles. The highest BCUT2D eigenvalue weighted by Crippen LogP contribution is 2.37. The number of carbonyl (C=O) groups is 1. The summed E-state index contributed by atoms with van der Waals surface area (Å²) in [5.74, 6) is 0.797. The molecule has 0 amide bonds. The molecule has 0 radical (unpaired) electrons. The third-order valence-corrected chi connectivity index (χ3v) is 3.50. The number of hydrogen-bond acceptors (Lipinski definition) is 2. The van der Waals surface area contributed by atoms with E-state index < -0.39 is 5.60 Å². The van der Waals surface area contributed by atoms with Crippen LogP contribution in [0.25, 0.3) is 0 Å². The van der Waals surface area contributed by atoms with Crippen LogP contribution in [-0.2, 0) is 4.79 Å². The Balaban J connectivity index is 2.51. The van der Waals surface area contributed by atoms with Crippen molar-refractivity contribution in [2.24, 2.45) is 11.8 Å². The minimum atomic E-state index is -0.508. The van der Waals surface area contributed by atoms with Gasteiger partial charge in [-0.1, -0.05) is 13.8 Å². The van der Waals surface area contributed by atoms with Gasteiger partial charge in [0, 0.05) is 5.92 Å². The molecule has 0 atom stereocenters. The van der Waals surface area contributed by atoms with E-state index in [2.05, 4.69) is 0 Å². The first kappa shape index (κ1) is 10.7. The molecule has 0 unspecified atom stereocenters. The topological polar surface area (TPSA) is 37.3 Å². The fourth-order valence-corrected chi connectivity index (χ4v) is 2.10. The Morgan fingerprint density at radius 1 is 1.38 bits per heavy atom. The zero-order valence-electron chi connectivity index (χ0n) is 8.84. The van der Waals surface area contributed by atoms with E-state index in [9.17, 15) is 9.90 Å². The van der Waals surface area contributed by atoms with Gasteiger partial charge in [-0.15, -0.1) is 0 Å². The SMILES string of the molecule is CC(=O)[C@H]1CC[C@](O)(C(C)C)CC1. The first-order valence-electron chi connectivity index (χ1n) is 5.18. The standard InChI is InChI=1S/C11H20O2/c1-8(2)11(13)6-4-10(5-7-11)9(3)12/h8,10,13H,4-7H2,1-3H3/t10-,11+. The van der Waals surface area contributed by atoms with Crippen LogP contribution in [0.3, 0.4) is 0 Å². The van der Waals surface area contributed by atoms with Crippen molar-refractivity contribution in [2.45, 2.75) is 52.1 Å². The first-order chi connectivity index (χ1) is 5.96. The highest BCUT2D eigenvalue weighted by molar-refractivity contribution is 5.78. The van der Waals surface area contributed by atoms with E-state index in [0.29, 0.717) is 5.92 Å². The van der Waals surface area contributed by atoms with Gasteiger partial charge < -0.3 is 5.11 Å². The summed E-state index contributed by atoms with van der Waals surface area (Å²) < 4.78 is 0. The van der Waals surface area contributed by atoms with Crippen LogP contribution in [0.2, 0.25) is 0 Å². The zero-order chi connectivity index (χ0) is 10.1. The second-order valence-electron chi connectivity index (χ2n) is 4.64. The minimum absolute atomic E-state index is 0.207. The summed E-state index contributed by atoms with van der Waals surface area (Å²) in [6.45, 7) is 5.76. The van der Waals surface area contributed by atoms with Gasteiger partial charge in [0.2, 0.25) is 0 Å². The maximum absolute atomic E-state index is 11.1. The predicted octanol–water partition coefficient (Wildman–Crippen LogP) is 2.15. The van der Waals surface area contributed by atoms with Crippen LogP contribution in [-0.4, -0.2) is 16.5 Å². The maximum atomic E-state index is 11.1. The van der Waals surface area contributed by atoms with E-state index in [-0.39, 0.29) is 11.7 Å². The molecule has 1 aliphatic carbocycles. The number of ketones is 1. The molecule has 0 aromatic heterocycles. The minimum Gasteiger partial charge on any atom is -0.390 e. The lowest BCUT2D eigenvalue weighted by Crippen LogP contribution is -2.40. The molecule has 0 aliphatic heterocycles. The number of aliphatic hydroxyl groups is 1. The smallest absolute Gasteiger partial charge is 0.132 e. The van der Waals surface area contributed by atoms with Gasteiger partial charge in [0.15, 0.2) is 0 Å². The van der Waals surface area contributed by atoms with Gasteiger partial charge in [-0.25, -0.2) is 0 Å². The van der Waals surface area contributed by atoms with E-state index in [0.717, 1.165) is 25.7 Å². The van der Waals surface area contributed by atoms with Crippen LogP contribution >= 0.6 is 0 Å². The van der Waals surface area contributed by atoms with Crippen LogP contribution in [0.4, 0.5) is 0 Å². The molecule has 1 aliphatic rings.